The van der Waals surface area contributed by atoms with Gasteiger partial charge in [0.25, 0.3) is 0 Å². The number of rotatable bonds is 8. The zero-order chi connectivity index (χ0) is 15.0. The van der Waals surface area contributed by atoms with Gasteiger partial charge in [-0.05, 0) is 37.5 Å². The molecule has 0 heterocycles. The van der Waals surface area contributed by atoms with Crippen LogP contribution >= 0.6 is 0 Å². The van der Waals surface area contributed by atoms with Crippen LogP contribution in [-0.4, -0.2) is 30.3 Å². The molecule has 118 valence electrons. The van der Waals surface area contributed by atoms with Gasteiger partial charge in [0.05, 0.1) is 6.10 Å². The molecule has 1 unspecified atom stereocenters. The zero-order valence-electron chi connectivity index (χ0n) is 13.4. The highest BCUT2D eigenvalue weighted by atomic mass is 16.3. The summed E-state index contributed by atoms with van der Waals surface area (Å²) in [5.41, 5.74) is -0.0741. The van der Waals surface area contributed by atoms with Crippen molar-refractivity contribution in [3.63, 3.8) is 0 Å². The van der Waals surface area contributed by atoms with E-state index in [2.05, 4.69) is 24.5 Å². The molecule has 1 aliphatic carbocycles. The third kappa shape index (κ3) is 7.73. The number of hydrogen-bond donors (Lipinski definition) is 3. The molecule has 0 aromatic heterocycles. The second kappa shape index (κ2) is 8.50. The SMILES string of the molecule is CC(O)CC(C)(C)CNC(=O)NCCCC1CCCC1. The topological polar surface area (TPSA) is 61.4 Å². The third-order valence-electron chi connectivity index (χ3n) is 4.12. The maximum Gasteiger partial charge on any atom is 0.314 e. The molecule has 0 spiro atoms. The van der Waals surface area contributed by atoms with Crippen LogP contribution in [0.25, 0.3) is 0 Å². The van der Waals surface area contributed by atoms with Gasteiger partial charge in [-0.1, -0.05) is 39.5 Å². The van der Waals surface area contributed by atoms with E-state index in [0.29, 0.717) is 13.0 Å². The first kappa shape index (κ1) is 17.3. The van der Waals surface area contributed by atoms with E-state index in [9.17, 15) is 9.90 Å². The van der Waals surface area contributed by atoms with Crippen molar-refractivity contribution in [1.82, 2.24) is 10.6 Å². The first-order valence-electron chi connectivity index (χ1n) is 8.09. The number of carbonyl (C=O) groups is 1. The lowest BCUT2D eigenvalue weighted by atomic mass is 9.87. The van der Waals surface area contributed by atoms with E-state index in [1.165, 1.54) is 32.1 Å². The highest BCUT2D eigenvalue weighted by Gasteiger charge is 2.21. The fraction of sp³-hybridized carbons (Fsp3) is 0.938. The molecule has 4 heteroatoms. The van der Waals surface area contributed by atoms with Crippen molar-refractivity contribution in [2.24, 2.45) is 11.3 Å². The molecule has 0 bridgehead atoms. The van der Waals surface area contributed by atoms with Gasteiger partial charge in [-0.3, -0.25) is 0 Å². The Balaban J connectivity index is 2.04. The number of aliphatic hydroxyl groups excluding tert-OH is 1. The van der Waals surface area contributed by atoms with E-state index in [1.807, 2.05) is 0 Å². The molecule has 1 saturated carbocycles. The van der Waals surface area contributed by atoms with E-state index in [0.717, 1.165) is 18.9 Å². The summed E-state index contributed by atoms with van der Waals surface area (Å²) in [4.78, 5) is 11.7. The highest BCUT2D eigenvalue weighted by molar-refractivity contribution is 5.73. The van der Waals surface area contributed by atoms with Crippen LogP contribution in [0.15, 0.2) is 0 Å². The summed E-state index contributed by atoms with van der Waals surface area (Å²) < 4.78 is 0. The second-order valence-electron chi connectivity index (χ2n) is 7.12. The predicted octanol–water partition coefficient (Wildman–Crippen LogP) is 3.05. The van der Waals surface area contributed by atoms with Gasteiger partial charge in [0.1, 0.15) is 0 Å². The molecule has 0 saturated heterocycles. The van der Waals surface area contributed by atoms with Gasteiger partial charge in [0.15, 0.2) is 0 Å². The standard InChI is InChI=1S/C16H32N2O2/c1-13(19)11-16(2,3)12-18-15(20)17-10-6-9-14-7-4-5-8-14/h13-14,19H,4-12H2,1-3H3,(H2,17,18,20). The molecule has 0 aromatic rings. The number of aliphatic hydroxyl groups is 1. The predicted molar refractivity (Wildman–Crippen MR) is 82.7 cm³/mol. The first-order valence-corrected chi connectivity index (χ1v) is 8.09. The van der Waals surface area contributed by atoms with Gasteiger partial charge in [-0.15, -0.1) is 0 Å². The number of urea groups is 1. The van der Waals surface area contributed by atoms with Crippen LogP contribution in [0, 0.1) is 11.3 Å². The van der Waals surface area contributed by atoms with Crippen LogP contribution in [0.3, 0.4) is 0 Å². The lowest BCUT2D eigenvalue weighted by Gasteiger charge is -2.26. The molecule has 1 atom stereocenters. The van der Waals surface area contributed by atoms with Crippen LogP contribution in [-0.2, 0) is 0 Å². The number of carbonyl (C=O) groups excluding carboxylic acids is 1. The minimum Gasteiger partial charge on any atom is -0.393 e. The van der Waals surface area contributed by atoms with Gasteiger partial charge in [-0.25, -0.2) is 4.79 Å². The molecule has 0 radical (unpaired) electrons. The van der Waals surface area contributed by atoms with E-state index in [4.69, 9.17) is 0 Å². The summed E-state index contributed by atoms with van der Waals surface area (Å²) >= 11 is 0. The summed E-state index contributed by atoms with van der Waals surface area (Å²) in [6.07, 6.45) is 8.20. The summed E-state index contributed by atoms with van der Waals surface area (Å²) in [7, 11) is 0. The van der Waals surface area contributed by atoms with Crippen molar-refractivity contribution in [1.29, 1.82) is 0 Å². The smallest absolute Gasteiger partial charge is 0.314 e. The van der Waals surface area contributed by atoms with Crippen molar-refractivity contribution in [2.75, 3.05) is 13.1 Å². The lowest BCUT2D eigenvalue weighted by molar-refractivity contribution is 0.129. The molecule has 3 N–H and O–H groups in total. The van der Waals surface area contributed by atoms with Gasteiger partial charge in [0.2, 0.25) is 0 Å². The van der Waals surface area contributed by atoms with Gasteiger partial charge >= 0.3 is 6.03 Å². The number of nitrogens with one attached hydrogen (secondary N) is 2. The van der Waals surface area contributed by atoms with E-state index in [1.54, 1.807) is 6.92 Å². The Bertz CT molecular complexity index is 284. The lowest BCUT2D eigenvalue weighted by Crippen LogP contribution is -2.41. The highest BCUT2D eigenvalue weighted by Crippen LogP contribution is 2.28. The molecular formula is C16H32N2O2. The summed E-state index contributed by atoms with van der Waals surface area (Å²) in [5, 5.41) is 15.2. The number of hydrogen-bond acceptors (Lipinski definition) is 2. The Morgan fingerprint density at radius 3 is 2.55 bits per heavy atom. The van der Waals surface area contributed by atoms with Crippen LogP contribution in [0.5, 0.6) is 0 Å². The fourth-order valence-corrected chi connectivity index (χ4v) is 3.15. The molecule has 20 heavy (non-hydrogen) atoms. The molecule has 4 nitrogen and oxygen atoms in total. The fourth-order valence-electron chi connectivity index (χ4n) is 3.15. The molecule has 1 fully saturated rings. The van der Waals surface area contributed by atoms with Crippen molar-refractivity contribution in [3.05, 3.63) is 0 Å². The van der Waals surface area contributed by atoms with Crippen molar-refractivity contribution in [2.45, 2.75) is 71.8 Å². The number of amides is 2. The molecule has 0 aromatic carbocycles. The minimum absolute atomic E-state index is 0.0741. The van der Waals surface area contributed by atoms with Crippen LogP contribution in [0.1, 0.15) is 65.7 Å². The second-order valence-corrected chi connectivity index (χ2v) is 7.12. The third-order valence-corrected chi connectivity index (χ3v) is 4.12. The van der Waals surface area contributed by atoms with Crippen molar-refractivity contribution >= 4 is 6.03 Å². The molecule has 1 rings (SSSR count). The van der Waals surface area contributed by atoms with E-state index < -0.39 is 0 Å². The Morgan fingerprint density at radius 1 is 1.30 bits per heavy atom. The average molecular weight is 284 g/mol. The monoisotopic (exact) mass is 284 g/mol. The maximum atomic E-state index is 11.7. The Hall–Kier alpha value is -0.770. The first-order chi connectivity index (χ1) is 9.39. The molecule has 2 amide bonds. The quantitative estimate of drug-likeness (QED) is 0.600. The van der Waals surface area contributed by atoms with Crippen LogP contribution < -0.4 is 10.6 Å². The summed E-state index contributed by atoms with van der Waals surface area (Å²) in [6.45, 7) is 7.25. The van der Waals surface area contributed by atoms with E-state index in [-0.39, 0.29) is 17.6 Å². The molecule has 0 aliphatic heterocycles. The van der Waals surface area contributed by atoms with Crippen molar-refractivity contribution in [3.8, 4) is 0 Å². The van der Waals surface area contributed by atoms with Gasteiger partial charge < -0.3 is 15.7 Å². The Morgan fingerprint density at radius 2 is 1.95 bits per heavy atom. The molecule has 1 aliphatic rings. The largest absolute Gasteiger partial charge is 0.393 e. The maximum absolute atomic E-state index is 11.7. The molecular weight excluding hydrogens is 252 g/mol. The zero-order valence-corrected chi connectivity index (χ0v) is 13.4. The van der Waals surface area contributed by atoms with Crippen molar-refractivity contribution < 1.29 is 9.90 Å². The Labute approximate surface area is 123 Å². The normalized spacial score (nSPS) is 18.0. The average Bonchev–Trinajstić information content (AvgIpc) is 2.84. The minimum atomic E-state index is -0.332. The Kier molecular flexibility index (Phi) is 7.35. The van der Waals surface area contributed by atoms with Crippen LogP contribution in [0.4, 0.5) is 4.79 Å². The summed E-state index contributed by atoms with van der Waals surface area (Å²) in [5.74, 6) is 0.893. The van der Waals surface area contributed by atoms with Gasteiger partial charge in [0, 0.05) is 13.1 Å². The van der Waals surface area contributed by atoms with Gasteiger partial charge in [-0.2, -0.15) is 0 Å². The van der Waals surface area contributed by atoms with E-state index >= 15 is 0 Å². The summed E-state index contributed by atoms with van der Waals surface area (Å²) in [6, 6.07) is -0.0879. The van der Waals surface area contributed by atoms with Crippen LogP contribution in [0.2, 0.25) is 0 Å².